The first-order valence-corrected chi connectivity index (χ1v) is 10.6. The Morgan fingerprint density at radius 2 is 2.11 bits per heavy atom. The standard InChI is InChI=1S/C18H26N4O5S/c1-12-9-14(21-16(24)7-6-13(2)18(19)25)15(23)11-22(10-12)28(26,27)17-5-3-4-8-20-17/h3-5,8,12-14H,6-7,9-11H2,1-2H3,(H2,19,25)(H,21,24)/t12?,13?,14-/m0/s1. The topological polar surface area (TPSA) is 140 Å². The molecule has 1 aliphatic heterocycles. The van der Waals surface area contributed by atoms with Crippen LogP contribution in [0.15, 0.2) is 29.4 Å². The largest absolute Gasteiger partial charge is 0.369 e. The Labute approximate surface area is 164 Å². The molecule has 154 valence electrons. The van der Waals surface area contributed by atoms with Gasteiger partial charge in [-0.3, -0.25) is 14.4 Å². The van der Waals surface area contributed by atoms with Crippen LogP contribution in [-0.2, 0) is 24.4 Å². The molecule has 10 heteroatoms. The highest BCUT2D eigenvalue weighted by molar-refractivity contribution is 7.89. The minimum atomic E-state index is -3.90. The van der Waals surface area contributed by atoms with E-state index in [0.717, 1.165) is 4.31 Å². The van der Waals surface area contributed by atoms with Crippen LogP contribution in [0.1, 0.15) is 33.1 Å². The second kappa shape index (κ2) is 9.24. The Balaban J connectivity index is 2.05. The number of nitrogens with two attached hydrogens (primary N) is 1. The molecule has 0 bridgehead atoms. The van der Waals surface area contributed by atoms with Crippen molar-refractivity contribution in [3.8, 4) is 0 Å². The van der Waals surface area contributed by atoms with Gasteiger partial charge in [0.15, 0.2) is 10.8 Å². The van der Waals surface area contributed by atoms with Gasteiger partial charge in [0.2, 0.25) is 11.8 Å². The molecular weight excluding hydrogens is 384 g/mol. The molecule has 1 fully saturated rings. The first-order chi connectivity index (χ1) is 13.1. The zero-order valence-corrected chi connectivity index (χ0v) is 16.8. The van der Waals surface area contributed by atoms with Crippen LogP contribution in [0.4, 0.5) is 0 Å². The van der Waals surface area contributed by atoms with Crippen LogP contribution in [0.2, 0.25) is 0 Å². The van der Waals surface area contributed by atoms with Gasteiger partial charge in [-0.25, -0.2) is 13.4 Å². The summed E-state index contributed by atoms with van der Waals surface area (Å²) in [5.41, 5.74) is 5.18. The molecule has 1 aromatic rings. The number of carbonyl (C=O) groups excluding carboxylic acids is 3. The molecule has 28 heavy (non-hydrogen) atoms. The predicted molar refractivity (Wildman–Crippen MR) is 101 cm³/mol. The third-order valence-corrected chi connectivity index (χ3v) is 6.47. The van der Waals surface area contributed by atoms with Gasteiger partial charge in [0.1, 0.15) is 0 Å². The summed E-state index contributed by atoms with van der Waals surface area (Å²) in [5, 5.41) is 2.55. The van der Waals surface area contributed by atoms with E-state index in [1.807, 2.05) is 6.92 Å². The smallest absolute Gasteiger partial charge is 0.260 e. The average molecular weight is 410 g/mol. The lowest BCUT2D eigenvalue weighted by molar-refractivity contribution is -0.128. The van der Waals surface area contributed by atoms with Crippen LogP contribution in [0.3, 0.4) is 0 Å². The summed E-state index contributed by atoms with van der Waals surface area (Å²) in [6.45, 7) is 3.30. The van der Waals surface area contributed by atoms with Crippen molar-refractivity contribution < 1.29 is 22.8 Å². The van der Waals surface area contributed by atoms with Crippen molar-refractivity contribution in [2.24, 2.45) is 17.6 Å². The maximum atomic E-state index is 12.8. The normalized spacial score (nSPS) is 22.3. The van der Waals surface area contributed by atoms with E-state index in [1.54, 1.807) is 19.1 Å². The van der Waals surface area contributed by atoms with Gasteiger partial charge in [-0.05, 0) is 30.9 Å². The molecule has 0 aliphatic carbocycles. The molecule has 1 aromatic heterocycles. The summed E-state index contributed by atoms with van der Waals surface area (Å²) in [6.07, 6.45) is 2.08. The quantitative estimate of drug-likeness (QED) is 0.652. The zero-order valence-electron chi connectivity index (χ0n) is 16.0. The van der Waals surface area contributed by atoms with Crippen molar-refractivity contribution in [2.45, 2.75) is 44.2 Å². The fraction of sp³-hybridized carbons (Fsp3) is 0.556. The van der Waals surface area contributed by atoms with E-state index in [9.17, 15) is 22.8 Å². The van der Waals surface area contributed by atoms with E-state index in [-0.39, 0.29) is 48.6 Å². The van der Waals surface area contributed by atoms with Gasteiger partial charge in [-0.1, -0.05) is 19.9 Å². The van der Waals surface area contributed by atoms with Gasteiger partial charge >= 0.3 is 0 Å². The lowest BCUT2D eigenvalue weighted by atomic mass is 10.00. The van der Waals surface area contributed by atoms with Crippen molar-refractivity contribution in [3.05, 3.63) is 24.4 Å². The number of sulfonamides is 1. The minimum absolute atomic E-state index is 0.0677. The second-order valence-corrected chi connectivity index (χ2v) is 9.12. The van der Waals surface area contributed by atoms with Gasteiger partial charge < -0.3 is 11.1 Å². The highest BCUT2D eigenvalue weighted by Crippen LogP contribution is 2.21. The molecule has 1 aliphatic rings. The van der Waals surface area contributed by atoms with Crippen LogP contribution in [0.25, 0.3) is 0 Å². The van der Waals surface area contributed by atoms with Gasteiger partial charge in [0, 0.05) is 25.1 Å². The molecule has 2 heterocycles. The molecule has 0 aromatic carbocycles. The number of hydrogen-bond acceptors (Lipinski definition) is 6. The predicted octanol–water partition coefficient (Wildman–Crippen LogP) is 0.0676. The van der Waals surface area contributed by atoms with Gasteiger partial charge in [-0.2, -0.15) is 4.31 Å². The first-order valence-electron chi connectivity index (χ1n) is 9.13. The lowest BCUT2D eigenvalue weighted by Crippen LogP contribution is -2.44. The Hall–Kier alpha value is -2.33. The highest BCUT2D eigenvalue weighted by Gasteiger charge is 2.36. The fourth-order valence-electron chi connectivity index (χ4n) is 3.02. The van der Waals surface area contributed by atoms with Crippen molar-refractivity contribution in [1.29, 1.82) is 0 Å². The molecule has 2 unspecified atom stereocenters. The number of pyridine rings is 1. The second-order valence-electron chi connectivity index (χ2n) is 7.23. The van der Waals surface area contributed by atoms with Crippen LogP contribution in [-0.4, -0.2) is 54.4 Å². The first kappa shape index (κ1) is 22.0. The van der Waals surface area contributed by atoms with Crippen LogP contribution >= 0.6 is 0 Å². The lowest BCUT2D eigenvalue weighted by Gasteiger charge is -2.20. The Kier molecular flexibility index (Phi) is 7.25. The molecule has 0 spiro atoms. The van der Waals surface area contributed by atoms with Crippen LogP contribution in [0, 0.1) is 11.8 Å². The summed E-state index contributed by atoms with van der Waals surface area (Å²) in [7, 11) is -3.90. The number of aromatic nitrogens is 1. The number of hydrogen-bond donors (Lipinski definition) is 2. The fourth-order valence-corrected chi connectivity index (χ4v) is 4.47. The molecule has 2 rings (SSSR count). The zero-order chi connectivity index (χ0) is 20.9. The summed E-state index contributed by atoms with van der Waals surface area (Å²) in [5.74, 6) is -1.80. The molecule has 2 amide bonds. The number of Topliss-reactive ketones (excluding diaryl/α,β-unsaturated/α-hetero) is 1. The third-order valence-electron chi connectivity index (χ3n) is 4.74. The molecule has 1 saturated heterocycles. The number of carbonyl (C=O) groups is 3. The Bertz CT molecular complexity index is 828. The van der Waals surface area contributed by atoms with E-state index in [0.29, 0.717) is 6.42 Å². The number of ketones is 1. The summed E-state index contributed by atoms with van der Waals surface area (Å²) < 4.78 is 26.7. The minimum Gasteiger partial charge on any atom is -0.369 e. The number of nitrogens with one attached hydrogen (secondary N) is 1. The maximum absolute atomic E-state index is 12.8. The maximum Gasteiger partial charge on any atom is 0.260 e. The summed E-state index contributed by atoms with van der Waals surface area (Å²) in [6, 6.07) is 3.79. The molecule has 0 saturated carbocycles. The number of nitrogens with zero attached hydrogens (tertiary/aromatic N) is 2. The van der Waals surface area contributed by atoms with E-state index in [2.05, 4.69) is 10.3 Å². The van der Waals surface area contributed by atoms with Gasteiger partial charge in [0.05, 0.1) is 12.6 Å². The van der Waals surface area contributed by atoms with Crippen molar-refractivity contribution in [3.63, 3.8) is 0 Å². The molecule has 3 N–H and O–H groups in total. The van der Waals surface area contributed by atoms with Gasteiger partial charge in [0.25, 0.3) is 10.0 Å². The third kappa shape index (κ3) is 5.59. The molecule has 3 atom stereocenters. The SMILES string of the molecule is CC1C[C@H](NC(=O)CCC(C)C(N)=O)C(=O)CN(S(=O)(=O)c2ccccn2)C1. The van der Waals surface area contributed by atoms with E-state index in [1.165, 1.54) is 12.3 Å². The summed E-state index contributed by atoms with van der Waals surface area (Å²) in [4.78, 5) is 39.7. The molecular formula is C18H26N4O5S. The monoisotopic (exact) mass is 410 g/mol. The number of amides is 2. The van der Waals surface area contributed by atoms with E-state index >= 15 is 0 Å². The van der Waals surface area contributed by atoms with Gasteiger partial charge in [-0.15, -0.1) is 0 Å². The molecule has 9 nitrogen and oxygen atoms in total. The van der Waals surface area contributed by atoms with Crippen molar-refractivity contribution in [2.75, 3.05) is 13.1 Å². The average Bonchev–Trinajstić information content (AvgIpc) is 2.79. The summed E-state index contributed by atoms with van der Waals surface area (Å²) >= 11 is 0. The number of rotatable bonds is 7. The molecule has 0 radical (unpaired) electrons. The van der Waals surface area contributed by atoms with Crippen LogP contribution in [0.5, 0.6) is 0 Å². The van der Waals surface area contributed by atoms with Crippen LogP contribution < -0.4 is 11.1 Å². The number of primary amides is 1. The van der Waals surface area contributed by atoms with Crippen molar-refractivity contribution >= 4 is 27.6 Å². The Morgan fingerprint density at radius 3 is 2.71 bits per heavy atom. The van der Waals surface area contributed by atoms with E-state index in [4.69, 9.17) is 5.73 Å². The highest BCUT2D eigenvalue weighted by atomic mass is 32.2. The van der Waals surface area contributed by atoms with E-state index < -0.39 is 27.9 Å². The Morgan fingerprint density at radius 1 is 1.39 bits per heavy atom. The van der Waals surface area contributed by atoms with Crippen molar-refractivity contribution in [1.82, 2.24) is 14.6 Å².